The number of fused-ring (bicyclic) bond motifs is 7. The maximum absolute atomic E-state index is 6.57. The molecule has 0 fully saturated rings. The molecule has 2 nitrogen and oxygen atoms in total. The largest absolute Gasteiger partial charge is 0.456 e. The molecule has 0 amide bonds. The van der Waals surface area contributed by atoms with Crippen LogP contribution in [0.1, 0.15) is 0 Å². The SMILES string of the molecule is S=P12c3ccccc3Oc3cc(-c4ccc5c(c4)sc4ccccc45)cc(c31)Oc1ccccc12. The van der Waals surface area contributed by atoms with Gasteiger partial charge in [-0.1, -0.05) is 66.4 Å². The zero-order valence-electron chi connectivity index (χ0n) is 18.4. The molecule has 0 bridgehead atoms. The van der Waals surface area contributed by atoms with Crippen molar-refractivity contribution in [1.29, 1.82) is 0 Å². The van der Waals surface area contributed by atoms with Crippen LogP contribution in [0.5, 0.6) is 23.0 Å². The van der Waals surface area contributed by atoms with Crippen molar-refractivity contribution in [1.82, 2.24) is 0 Å². The molecule has 0 atom stereocenters. The fraction of sp³-hybridized carbons (Fsp3) is 0. The van der Waals surface area contributed by atoms with Gasteiger partial charge in [-0.3, -0.25) is 0 Å². The molecule has 0 saturated heterocycles. The lowest BCUT2D eigenvalue weighted by Gasteiger charge is -2.37. The van der Waals surface area contributed by atoms with E-state index in [-0.39, 0.29) is 0 Å². The Hall–Kier alpha value is -3.43. The summed E-state index contributed by atoms with van der Waals surface area (Å²) >= 11 is 8.40. The molecule has 0 aliphatic carbocycles. The van der Waals surface area contributed by atoms with Gasteiger partial charge in [0.15, 0.2) is 0 Å². The summed E-state index contributed by atoms with van der Waals surface area (Å²) in [5.74, 6) is 3.32. The topological polar surface area (TPSA) is 18.5 Å². The minimum atomic E-state index is -2.30. The molecule has 0 N–H and O–H groups in total. The van der Waals surface area contributed by atoms with Gasteiger partial charge >= 0.3 is 0 Å². The van der Waals surface area contributed by atoms with Crippen LogP contribution in [-0.2, 0) is 11.8 Å². The highest BCUT2D eigenvalue weighted by molar-refractivity contribution is 8.26. The summed E-state index contributed by atoms with van der Waals surface area (Å²) < 4.78 is 15.6. The highest BCUT2D eigenvalue weighted by Crippen LogP contribution is 2.59. The molecule has 0 saturated carbocycles. The Balaban J connectivity index is 1.38. The summed E-state index contributed by atoms with van der Waals surface area (Å²) in [6, 6.07) is 33.7. The van der Waals surface area contributed by atoms with E-state index in [0.29, 0.717) is 0 Å². The molecule has 3 heterocycles. The molecule has 0 unspecified atom stereocenters. The Bertz CT molecular complexity index is 1830. The van der Waals surface area contributed by atoms with Crippen molar-refractivity contribution in [2.45, 2.75) is 0 Å². The van der Waals surface area contributed by atoms with Crippen LogP contribution in [0.25, 0.3) is 31.3 Å². The molecule has 2 aliphatic rings. The molecule has 35 heavy (non-hydrogen) atoms. The molecule has 1 aromatic heterocycles. The first-order chi connectivity index (χ1) is 17.2. The Kier molecular flexibility index (Phi) is 4.00. The molecule has 8 rings (SSSR count). The van der Waals surface area contributed by atoms with Crippen molar-refractivity contribution in [3.8, 4) is 34.1 Å². The Morgan fingerprint density at radius 1 is 0.543 bits per heavy atom. The lowest BCUT2D eigenvalue weighted by Crippen LogP contribution is -2.34. The molecule has 5 heteroatoms. The minimum Gasteiger partial charge on any atom is -0.456 e. The smallest absolute Gasteiger partial charge is 0.140 e. The second kappa shape index (κ2) is 7.05. The van der Waals surface area contributed by atoms with Crippen LogP contribution < -0.4 is 25.4 Å². The van der Waals surface area contributed by atoms with E-state index in [4.69, 9.17) is 21.3 Å². The van der Waals surface area contributed by atoms with E-state index in [0.717, 1.165) is 50.0 Å². The maximum Gasteiger partial charge on any atom is 0.140 e. The lowest BCUT2D eigenvalue weighted by atomic mass is 10.0. The van der Waals surface area contributed by atoms with E-state index in [9.17, 15) is 0 Å². The number of para-hydroxylation sites is 2. The fourth-order valence-electron chi connectivity index (χ4n) is 5.34. The first-order valence-corrected chi connectivity index (χ1v) is 15.1. The fourth-order valence-corrected chi connectivity index (χ4v) is 11.0. The molecule has 0 spiro atoms. The van der Waals surface area contributed by atoms with E-state index in [1.54, 1.807) is 0 Å². The number of thiophene rings is 1. The molecule has 166 valence electrons. The van der Waals surface area contributed by atoms with Gasteiger partial charge in [-0.05, 0) is 59.7 Å². The average molecular weight is 505 g/mol. The molecule has 6 aromatic rings. The van der Waals surface area contributed by atoms with Gasteiger partial charge in [0.1, 0.15) is 23.0 Å². The van der Waals surface area contributed by atoms with Crippen LogP contribution in [0.15, 0.2) is 103 Å². The van der Waals surface area contributed by atoms with E-state index in [2.05, 4.69) is 66.7 Å². The van der Waals surface area contributed by atoms with Gasteiger partial charge in [0.2, 0.25) is 0 Å². The van der Waals surface area contributed by atoms with Crippen molar-refractivity contribution in [2.75, 3.05) is 0 Å². The predicted octanol–water partition coefficient (Wildman–Crippen LogP) is 7.69. The molecule has 5 aromatic carbocycles. The molecule has 2 aliphatic heterocycles. The lowest BCUT2D eigenvalue weighted by molar-refractivity contribution is 0.467. The second-order valence-corrected chi connectivity index (χ2v) is 14.2. The Morgan fingerprint density at radius 3 is 1.86 bits per heavy atom. The van der Waals surface area contributed by atoms with Crippen LogP contribution in [0.3, 0.4) is 0 Å². The molecular formula is C30H17O2PS2. The monoisotopic (exact) mass is 504 g/mol. The maximum atomic E-state index is 6.57. The zero-order chi connectivity index (χ0) is 23.1. The van der Waals surface area contributed by atoms with Gasteiger partial charge in [0, 0.05) is 30.8 Å². The van der Waals surface area contributed by atoms with E-state index in [1.807, 2.05) is 47.7 Å². The zero-order valence-corrected chi connectivity index (χ0v) is 20.9. The van der Waals surface area contributed by atoms with Gasteiger partial charge in [-0.25, -0.2) is 0 Å². The average Bonchev–Trinajstić information content (AvgIpc) is 3.26. The summed E-state index contributed by atoms with van der Waals surface area (Å²) in [5, 5.41) is 5.81. The van der Waals surface area contributed by atoms with Crippen molar-refractivity contribution < 1.29 is 9.47 Å². The highest BCUT2D eigenvalue weighted by Gasteiger charge is 2.42. The molecular weight excluding hydrogens is 487 g/mol. The Morgan fingerprint density at radius 2 is 1.14 bits per heavy atom. The van der Waals surface area contributed by atoms with Crippen LogP contribution in [-0.4, -0.2) is 0 Å². The number of hydrogen-bond acceptors (Lipinski definition) is 4. The van der Waals surface area contributed by atoms with E-state index < -0.39 is 6.04 Å². The van der Waals surface area contributed by atoms with Crippen molar-refractivity contribution in [3.05, 3.63) is 103 Å². The second-order valence-electron chi connectivity index (χ2n) is 8.88. The third-order valence-corrected chi connectivity index (χ3v) is 12.9. The van der Waals surface area contributed by atoms with Crippen LogP contribution in [0, 0.1) is 0 Å². The summed E-state index contributed by atoms with van der Waals surface area (Å²) in [6.45, 7) is 0. The standard InChI is InChI=1S/C30H17O2PS2/c34-33-26-10-4-2-8-22(26)31-24-15-19(16-25(30(24)33)32-23-9-3-5-11-27(23)33)18-13-14-21-20-7-1-6-12-28(20)35-29(21)17-18/h1-17H. The highest BCUT2D eigenvalue weighted by atomic mass is 32.4. The minimum absolute atomic E-state index is 0.811. The summed E-state index contributed by atoms with van der Waals surface area (Å²) in [5.41, 5.74) is 2.21. The summed E-state index contributed by atoms with van der Waals surface area (Å²) in [6.07, 6.45) is 0. The van der Waals surface area contributed by atoms with Gasteiger partial charge < -0.3 is 9.47 Å². The first-order valence-electron chi connectivity index (χ1n) is 11.5. The van der Waals surface area contributed by atoms with Gasteiger partial charge in [-0.2, -0.15) is 0 Å². The van der Waals surface area contributed by atoms with Gasteiger partial charge in [0.25, 0.3) is 0 Å². The number of ether oxygens (including phenoxy) is 2. The third-order valence-electron chi connectivity index (χ3n) is 6.92. The number of benzene rings is 5. The summed E-state index contributed by atoms with van der Waals surface area (Å²) in [7, 11) is 0. The third kappa shape index (κ3) is 2.68. The quantitative estimate of drug-likeness (QED) is 0.214. The van der Waals surface area contributed by atoms with Crippen molar-refractivity contribution >= 4 is 65.3 Å². The van der Waals surface area contributed by atoms with E-state index >= 15 is 0 Å². The molecule has 0 radical (unpaired) electrons. The number of hydrogen-bond donors (Lipinski definition) is 0. The van der Waals surface area contributed by atoms with Crippen molar-refractivity contribution in [2.24, 2.45) is 0 Å². The number of rotatable bonds is 1. The van der Waals surface area contributed by atoms with Crippen molar-refractivity contribution in [3.63, 3.8) is 0 Å². The van der Waals surface area contributed by atoms with Crippen LogP contribution >= 0.6 is 17.4 Å². The van der Waals surface area contributed by atoms with E-state index in [1.165, 1.54) is 20.2 Å². The summed E-state index contributed by atoms with van der Waals surface area (Å²) in [4.78, 5) is 0. The normalized spacial score (nSPS) is 14.5. The Labute approximate surface area is 211 Å². The first kappa shape index (κ1) is 19.8. The predicted molar refractivity (Wildman–Crippen MR) is 151 cm³/mol. The van der Waals surface area contributed by atoms with Gasteiger partial charge in [0.05, 0.1) is 11.3 Å². The van der Waals surface area contributed by atoms with Gasteiger partial charge in [-0.15, -0.1) is 11.3 Å². The van der Waals surface area contributed by atoms with Crippen LogP contribution in [0.2, 0.25) is 0 Å². The van der Waals surface area contributed by atoms with Crippen LogP contribution in [0.4, 0.5) is 0 Å².